The second-order valence-corrected chi connectivity index (χ2v) is 1.17. The molecule has 0 fully saturated rings. The summed E-state index contributed by atoms with van der Waals surface area (Å²) in [5.41, 5.74) is 0. The Balaban J connectivity index is 2.98. The van der Waals surface area contributed by atoms with Crippen LogP contribution in [0.5, 0.6) is 0 Å². The van der Waals surface area contributed by atoms with Crippen molar-refractivity contribution in [3.63, 3.8) is 0 Å². The van der Waals surface area contributed by atoms with Crippen LogP contribution in [0, 0.1) is 10.1 Å². The van der Waals surface area contributed by atoms with Gasteiger partial charge in [0.25, 0.3) is 0 Å². The maximum absolute atomic E-state index is 9.79. The van der Waals surface area contributed by atoms with Crippen LogP contribution in [0.4, 0.5) is 5.95 Å². The third-order valence-corrected chi connectivity index (χ3v) is 0.581. The second-order valence-electron chi connectivity index (χ2n) is 1.17. The highest BCUT2D eigenvalue weighted by Gasteiger charge is 2.12. The smallest absolute Gasteiger partial charge is 0.390 e. The van der Waals surface area contributed by atoms with E-state index in [1.54, 1.807) is 0 Å². The maximum atomic E-state index is 9.79. The van der Waals surface area contributed by atoms with Gasteiger partial charge in [-0.05, 0) is 4.92 Å². The van der Waals surface area contributed by atoms with Crippen molar-refractivity contribution in [2.24, 2.45) is 0 Å². The second kappa shape index (κ2) is 1.65. The van der Waals surface area contributed by atoms with Crippen molar-refractivity contribution in [3.05, 3.63) is 10.1 Å². The van der Waals surface area contributed by atoms with Crippen molar-refractivity contribution in [2.45, 2.75) is 0 Å². The first-order chi connectivity index (χ1) is 4.20. The van der Waals surface area contributed by atoms with Gasteiger partial charge in [0, 0.05) is 4.91 Å². The number of aromatic nitrogens is 4. The summed E-state index contributed by atoms with van der Waals surface area (Å²) in [6.45, 7) is 0. The van der Waals surface area contributed by atoms with E-state index >= 15 is 0 Å². The van der Waals surface area contributed by atoms with Crippen molar-refractivity contribution < 1.29 is 4.92 Å². The van der Waals surface area contributed by atoms with Crippen LogP contribution in [-0.2, 0) is 0 Å². The molecule has 9 heavy (non-hydrogen) atoms. The fourth-order valence-corrected chi connectivity index (χ4v) is 0.290. The van der Waals surface area contributed by atoms with Crippen molar-refractivity contribution in [2.75, 3.05) is 5.84 Å². The molecular formula is CH2N6O2. The third kappa shape index (κ3) is 0.900. The number of nitrogens with two attached hydrogens (primary N) is 1. The average Bonchev–Trinajstić information content (AvgIpc) is 2.14. The summed E-state index contributed by atoms with van der Waals surface area (Å²) in [7, 11) is 0. The number of nitrogens with zero attached hydrogens (tertiary/aromatic N) is 5. The molecule has 0 radical (unpaired) electrons. The van der Waals surface area contributed by atoms with Gasteiger partial charge in [-0.25, -0.2) is 0 Å². The molecule has 0 saturated carbocycles. The molecule has 48 valence electrons. The molecule has 0 aliphatic carbocycles. The van der Waals surface area contributed by atoms with E-state index in [-0.39, 0.29) is 0 Å². The van der Waals surface area contributed by atoms with Crippen LogP contribution in [0.2, 0.25) is 0 Å². The Morgan fingerprint density at radius 2 is 2.44 bits per heavy atom. The molecule has 1 heterocycles. The lowest BCUT2D eigenvalue weighted by molar-refractivity contribution is -0.394. The molecule has 0 aliphatic rings. The summed E-state index contributed by atoms with van der Waals surface area (Å²) >= 11 is 0. The predicted molar refractivity (Wildman–Crippen MR) is 24.6 cm³/mol. The van der Waals surface area contributed by atoms with Crippen molar-refractivity contribution in [1.82, 2.24) is 20.3 Å². The first-order valence-corrected chi connectivity index (χ1v) is 1.89. The number of hydrogen-bond donors (Lipinski definition) is 1. The minimum Gasteiger partial charge on any atom is -0.390 e. The number of nitrogen functional groups attached to an aromatic ring is 1. The van der Waals surface area contributed by atoms with E-state index < -0.39 is 10.9 Å². The molecule has 0 aromatic carbocycles. The van der Waals surface area contributed by atoms with Crippen LogP contribution < -0.4 is 5.84 Å². The van der Waals surface area contributed by atoms with Gasteiger partial charge in [-0.15, -0.1) is 0 Å². The molecule has 0 amide bonds. The Kier molecular flexibility index (Phi) is 0.992. The number of nitro groups is 1. The normalized spacial score (nSPS) is 9.33. The molecule has 0 saturated heterocycles. The molecule has 8 heteroatoms. The fourth-order valence-electron chi connectivity index (χ4n) is 0.290. The van der Waals surface area contributed by atoms with Crippen LogP contribution in [-0.4, -0.2) is 25.2 Å². The van der Waals surface area contributed by atoms with E-state index in [2.05, 4.69) is 15.4 Å². The highest BCUT2D eigenvalue weighted by molar-refractivity contribution is 4.92. The van der Waals surface area contributed by atoms with E-state index in [0.717, 1.165) is 0 Å². The Morgan fingerprint density at radius 1 is 1.78 bits per heavy atom. The van der Waals surface area contributed by atoms with Crippen molar-refractivity contribution >= 4 is 5.95 Å². The van der Waals surface area contributed by atoms with E-state index in [4.69, 9.17) is 5.84 Å². The Morgan fingerprint density at radius 3 is 2.67 bits per heavy atom. The van der Waals surface area contributed by atoms with E-state index in [1.807, 2.05) is 0 Å². The van der Waals surface area contributed by atoms with Gasteiger partial charge in [-0.1, -0.05) is 0 Å². The number of tetrazole rings is 1. The fraction of sp³-hybridized carbons (Fsp3) is 0. The van der Waals surface area contributed by atoms with E-state index in [0.29, 0.717) is 4.91 Å². The van der Waals surface area contributed by atoms with Gasteiger partial charge in [0.15, 0.2) is 0 Å². The predicted octanol–water partition coefficient (Wildman–Crippen LogP) is -1.70. The summed E-state index contributed by atoms with van der Waals surface area (Å²) in [6, 6.07) is 0. The zero-order valence-electron chi connectivity index (χ0n) is 4.13. The quantitative estimate of drug-likeness (QED) is 0.275. The zero-order chi connectivity index (χ0) is 6.85. The molecule has 2 N–H and O–H groups in total. The molecule has 1 aromatic rings. The van der Waals surface area contributed by atoms with Gasteiger partial charge in [0.05, 0.1) is 15.4 Å². The van der Waals surface area contributed by atoms with Gasteiger partial charge in [0.2, 0.25) is 0 Å². The molecule has 1 aromatic heterocycles. The molecule has 8 nitrogen and oxygen atoms in total. The van der Waals surface area contributed by atoms with Crippen LogP contribution >= 0.6 is 0 Å². The topological polar surface area (TPSA) is 113 Å². The van der Waals surface area contributed by atoms with Gasteiger partial charge in [-0.2, -0.15) is 0 Å². The summed E-state index contributed by atoms with van der Waals surface area (Å²) in [5, 5.41) is 18.9. The highest BCUT2D eigenvalue weighted by Crippen LogP contribution is 1.93. The van der Waals surface area contributed by atoms with E-state index in [9.17, 15) is 10.1 Å². The highest BCUT2D eigenvalue weighted by atomic mass is 16.6. The summed E-state index contributed by atoms with van der Waals surface area (Å²) in [5.74, 6) is 4.24. The standard InChI is InChI=1S/CH2N6O2/c2-7-4-1(3-5-7)6(8)9/h2H2. The molecule has 0 unspecified atom stereocenters. The molecule has 0 atom stereocenters. The minimum atomic E-state index is -0.781. The lowest BCUT2D eigenvalue weighted by Crippen LogP contribution is -2.11. The monoisotopic (exact) mass is 130 g/mol. The first kappa shape index (κ1) is 5.41. The first-order valence-electron chi connectivity index (χ1n) is 1.89. The summed E-state index contributed by atoms with van der Waals surface area (Å²) in [6.07, 6.45) is 0. The molecule has 0 bridgehead atoms. The van der Waals surface area contributed by atoms with Crippen LogP contribution in [0.25, 0.3) is 0 Å². The Hall–Kier alpha value is -1.73. The van der Waals surface area contributed by atoms with Crippen LogP contribution in [0.15, 0.2) is 0 Å². The number of hydrogen-bond acceptors (Lipinski definition) is 6. The van der Waals surface area contributed by atoms with Gasteiger partial charge < -0.3 is 10.1 Å². The minimum absolute atomic E-state index is 0.526. The van der Waals surface area contributed by atoms with Crippen molar-refractivity contribution in [3.8, 4) is 0 Å². The number of rotatable bonds is 1. The zero-order valence-corrected chi connectivity index (χ0v) is 4.13. The lowest BCUT2D eigenvalue weighted by atomic mass is 11.1. The lowest BCUT2D eigenvalue weighted by Gasteiger charge is -1.80. The largest absolute Gasteiger partial charge is 0.516 e. The molecule has 1 rings (SSSR count). The maximum Gasteiger partial charge on any atom is 0.516 e. The van der Waals surface area contributed by atoms with Gasteiger partial charge >= 0.3 is 5.95 Å². The molecule has 0 spiro atoms. The van der Waals surface area contributed by atoms with Crippen molar-refractivity contribution in [1.29, 1.82) is 0 Å². The average molecular weight is 130 g/mol. The van der Waals surface area contributed by atoms with Crippen LogP contribution in [0.1, 0.15) is 0 Å². The summed E-state index contributed by atoms with van der Waals surface area (Å²) in [4.78, 5) is 9.53. The van der Waals surface area contributed by atoms with E-state index in [1.165, 1.54) is 0 Å². The van der Waals surface area contributed by atoms with Gasteiger partial charge in [0.1, 0.15) is 0 Å². The SMILES string of the molecule is Nn1nnc([N+](=O)[O-])n1. The molecule has 0 aliphatic heterocycles. The summed E-state index contributed by atoms with van der Waals surface area (Å²) < 4.78 is 0. The molecular weight excluding hydrogens is 128 g/mol. The van der Waals surface area contributed by atoms with Crippen LogP contribution in [0.3, 0.4) is 0 Å². The Labute approximate surface area is 48.4 Å². The third-order valence-electron chi connectivity index (χ3n) is 0.581. The Bertz CT molecular complexity index is 227. The van der Waals surface area contributed by atoms with Gasteiger partial charge in [-0.3, -0.25) is 5.84 Å².